The summed E-state index contributed by atoms with van der Waals surface area (Å²) in [5, 5.41) is 0. The Balaban J connectivity index is 1.10. The van der Waals surface area contributed by atoms with Crippen LogP contribution in [0.5, 0.6) is 0 Å². The monoisotopic (exact) mass is 672 g/mol. The first-order chi connectivity index (χ1) is 25.1. The summed E-state index contributed by atoms with van der Waals surface area (Å²) >= 11 is 0. The van der Waals surface area contributed by atoms with E-state index in [1.165, 1.54) is 101 Å². The molecule has 0 saturated carbocycles. The van der Waals surface area contributed by atoms with Gasteiger partial charge in [-0.2, -0.15) is 0 Å². The predicted molar refractivity (Wildman–Crippen MR) is 221 cm³/mol. The number of fused-ring (bicyclic) bond motifs is 6. The van der Waals surface area contributed by atoms with Crippen LogP contribution in [0, 0.1) is 27.7 Å². The zero-order valence-electron chi connectivity index (χ0n) is 31.0. The van der Waals surface area contributed by atoms with Crippen molar-refractivity contribution in [3.63, 3.8) is 0 Å². The van der Waals surface area contributed by atoms with Crippen LogP contribution < -0.4 is 9.80 Å². The Labute approximate surface area is 308 Å². The highest BCUT2D eigenvalue weighted by atomic mass is 15.1. The second-order valence-electron chi connectivity index (χ2n) is 15.4. The maximum Gasteiger partial charge on any atom is 0.0465 e. The fourth-order valence-corrected chi connectivity index (χ4v) is 8.35. The van der Waals surface area contributed by atoms with Crippen molar-refractivity contribution in [3.05, 3.63) is 190 Å². The Hall–Kier alpha value is -5.86. The molecule has 7 aromatic rings. The standard InChI is InChI=1S/C50H44N2/c1-32-7-15-38(16-8-32)51(39-17-9-33(2)10-18-39)42-23-25-44-36(28-42)27-37-29-47-45-26-24-43(30-48(45)50(5,6)49(47)31-46(37)44)52(40-19-11-34(3)12-20-40)41-21-13-35(4)14-22-41/h7-26,28-31H,27H2,1-6H3. The van der Waals surface area contributed by atoms with Gasteiger partial charge < -0.3 is 9.80 Å². The second kappa shape index (κ2) is 12.1. The minimum absolute atomic E-state index is 0.141. The molecule has 9 rings (SSSR count). The van der Waals surface area contributed by atoms with Crippen LogP contribution in [-0.4, -0.2) is 0 Å². The molecule has 0 amide bonds. The number of hydrogen-bond acceptors (Lipinski definition) is 2. The van der Waals surface area contributed by atoms with Crippen molar-refractivity contribution in [1.29, 1.82) is 0 Å². The number of rotatable bonds is 6. The van der Waals surface area contributed by atoms with E-state index < -0.39 is 0 Å². The fourth-order valence-electron chi connectivity index (χ4n) is 8.35. The van der Waals surface area contributed by atoms with Crippen LogP contribution in [0.1, 0.15) is 58.4 Å². The van der Waals surface area contributed by atoms with E-state index in [0.717, 1.165) is 6.42 Å². The van der Waals surface area contributed by atoms with Crippen molar-refractivity contribution >= 4 is 34.1 Å². The molecule has 2 nitrogen and oxygen atoms in total. The van der Waals surface area contributed by atoms with Gasteiger partial charge in [0.15, 0.2) is 0 Å². The molecular formula is C50H44N2. The third kappa shape index (κ3) is 5.33. The highest BCUT2D eigenvalue weighted by Crippen LogP contribution is 2.54. The summed E-state index contributed by atoms with van der Waals surface area (Å²) in [5.74, 6) is 0. The normalized spacial score (nSPS) is 13.3. The molecule has 2 heteroatoms. The molecule has 0 N–H and O–H groups in total. The fraction of sp³-hybridized carbons (Fsp3) is 0.160. The first kappa shape index (κ1) is 32.1. The van der Waals surface area contributed by atoms with Gasteiger partial charge in [0.2, 0.25) is 0 Å². The van der Waals surface area contributed by atoms with Gasteiger partial charge in [-0.25, -0.2) is 0 Å². The molecule has 0 spiro atoms. The van der Waals surface area contributed by atoms with Crippen LogP contribution in [0.3, 0.4) is 0 Å². The number of nitrogens with zero attached hydrogens (tertiary/aromatic N) is 2. The summed E-state index contributed by atoms with van der Waals surface area (Å²) in [5.41, 5.74) is 23.0. The molecule has 0 fully saturated rings. The molecule has 0 aliphatic heterocycles. The lowest BCUT2D eigenvalue weighted by Crippen LogP contribution is -2.16. The Kier molecular flexibility index (Phi) is 7.48. The minimum Gasteiger partial charge on any atom is -0.310 e. The van der Waals surface area contributed by atoms with E-state index in [4.69, 9.17) is 0 Å². The van der Waals surface area contributed by atoms with Gasteiger partial charge in [0.05, 0.1) is 0 Å². The van der Waals surface area contributed by atoms with E-state index in [0.29, 0.717) is 0 Å². The van der Waals surface area contributed by atoms with Crippen LogP contribution in [0.4, 0.5) is 34.1 Å². The predicted octanol–water partition coefficient (Wildman–Crippen LogP) is 13.7. The van der Waals surface area contributed by atoms with Crippen molar-refractivity contribution < 1.29 is 0 Å². The molecule has 52 heavy (non-hydrogen) atoms. The Morgan fingerprint density at radius 2 is 0.712 bits per heavy atom. The van der Waals surface area contributed by atoms with Crippen molar-refractivity contribution in [3.8, 4) is 22.3 Å². The molecular weight excluding hydrogens is 629 g/mol. The SMILES string of the molecule is Cc1ccc(N(c2ccc(C)cc2)c2ccc3c(c2)Cc2cc4c(cc2-3)C(C)(C)c2cc(N(c3ccc(C)cc3)c3ccc(C)cc3)ccc2-4)cc1. The molecule has 2 aliphatic rings. The maximum atomic E-state index is 2.51. The van der Waals surface area contributed by atoms with E-state index in [2.05, 4.69) is 197 Å². The molecule has 0 unspecified atom stereocenters. The molecule has 0 atom stereocenters. The topological polar surface area (TPSA) is 6.48 Å². The van der Waals surface area contributed by atoms with Crippen molar-refractivity contribution in [1.82, 2.24) is 0 Å². The smallest absolute Gasteiger partial charge is 0.0465 e. The molecule has 0 bridgehead atoms. The molecule has 7 aromatic carbocycles. The van der Waals surface area contributed by atoms with Gasteiger partial charge in [-0.15, -0.1) is 0 Å². The Bertz CT molecular complexity index is 2380. The molecule has 0 radical (unpaired) electrons. The average Bonchev–Trinajstić information content (AvgIpc) is 3.61. The van der Waals surface area contributed by atoms with E-state index in [1.807, 2.05) is 0 Å². The van der Waals surface area contributed by atoms with E-state index >= 15 is 0 Å². The second-order valence-corrected chi connectivity index (χ2v) is 15.4. The zero-order chi connectivity index (χ0) is 35.7. The summed E-state index contributed by atoms with van der Waals surface area (Å²) in [6.07, 6.45) is 0.934. The summed E-state index contributed by atoms with van der Waals surface area (Å²) in [4.78, 5) is 4.78. The van der Waals surface area contributed by atoms with Gasteiger partial charge in [-0.1, -0.05) is 96.8 Å². The number of benzene rings is 7. The van der Waals surface area contributed by atoms with E-state index in [9.17, 15) is 0 Å². The van der Waals surface area contributed by atoms with Gasteiger partial charge in [0, 0.05) is 39.5 Å². The quantitative estimate of drug-likeness (QED) is 0.173. The summed E-state index contributed by atoms with van der Waals surface area (Å²) in [6.45, 7) is 13.4. The van der Waals surface area contributed by atoms with Crippen molar-refractivity contribution in [2.24, 2.45) is 0 Å². The van der Waals surface area contributed by atoms with Gasteiger partial charge in [-0.3, -0.25) is 0 Å². The lowest BCUT2D eigenvalue weighted by molar-refractivity contribution is 0.660. The van der Waals surface area contributed by atoms with Crippen LogP contribution >= 0.6 is 0 Å². The summed E-state index contributed by atoms with van der Waals surface area (Å²) in [6, 6.07) is 54.6. The largest absolute Gasteiger partial charge is 0.310 e. The molecule has 0 aromatic heterocycles. The third-order valence-corrected chi connectivity index (χ3v) is 11.3. The number of aryl methyl sites for hydroxylation is 4. The van der Waals surface area contributed by atoms with Crippen molar-refractivity contribution in [2.75, 3.05) is 9.80 Å². The molecule has 2 aliphatic carbocycles. The average molecular weight is 673 g/mol. The van der Waals surface area contributed by atoms with E-state index in [1.54, 1.807) is 0 Å². The number of hydrogen-bond donors (Lipinski definition) is 0. The van der Waals surface area contributed by atoms with Gasteiger partial charge >= 0.3 is 0 Å². The van der Waals surface area contributed by atoms with Crippen LogP contribution in [0.25, 0.3) is 22.3 Å². The third-order valence-electron chi connectivity index (χ3n) is 11.3. The molecule has 0 heterocycles. The lowest BCUT2D eigenvalue weighted by Gasteiger charge is -2.28. The van der Waals surface area contributed by atoms with E-state index in [-0.39, 0.29) is 5.41 Å². The van der Waals surface area contributed by atoms with Gasteiger partial charge in [-0.05, 0) is 164 Å². The Morgan fingerprint density at radius 3 is 1.17 bits per heavy atom. The van der Waals surface area contributed by atoms with Crippen molar-refractivity contribution in [2.45, 2.75) is 53.4 Å². The lowest BCUT2D eigenvalue weighted by atomic mass is 9.81. The zero-order valence-corrected chi connectivity index (χ0v) is 31.0. The first-order valence-corrected chi connectivity index (χ1v) is 18.5. The number of anilines is 6. The summed E-state index contributed by atoms with van der Waals surface area (Å²) in [7, 11) is 0. The van der Waals surface area contributed by atoms with Crippen LogP contribution in [0.15, 0.2) is 146 Å². The maximum absolute atomic E-state index is 2.51. The molecule has 254 valence electrons. The minimum atomic E-state index is -0.141. The molecule has 0 saturated heterocycles. The highest BCUT2D eigenvalue weighted by molar-refractivity contribution is 5.91. The van der Waals surface area contributed by atoms with Gasteiger partial charge in [0.1, 0.15) is 0 Å². The first-order valence-electron chi connectivity index (χ1n) is 18.5. The Morgan fingerprint density at radius 1 is 0.346 bits per heavy atom. The summed E-state index contributed by atoms with van der Waals surface area (Å²) < 4.78 is 0. The van der Waals surface area contributed by atoms with Crippen LogP contribution in [-0.2, 0) is 11.8 Å². The highest BCUT2D eigenvalue weighted by Gasteiger charge is 2.38. The van der Waals surface area contributed by atoms with Gasteiger partial charge in [0.25, 0.3) is 0 Å². The van der Waals surface area contributed by atoms with Crippen LogP contribution in [0.2, 0.25) is 0 Å².